The van der Waals surface area contributed by atoms with E-state index in [0.717, 1.165) is 51.4 Å². The quantitative estimate of drug-likeness (QED) is 0.0473. The Morgan fingerprint density at radius 2 is 0.633 bits per heavy atom. The molecular formula is C56H109NO3. The molecule has 0 aliphatic rings. The first-order valence-electron chi connectivity index (χ1n) is 27.7. The van der Waals surface area contributed by atoms with Crippen molar-refractivity contribution in [1.29, 1.82) is 0 Å². The lowest BCUT2D eigenvalue weighted by Gasteiger charge is -2.12. The number of allylic oxidation sites excluding steroid dienone is 2. The van der Waals surface area contributed by atoms with E-state index >= 15 is 0 Å². The van der Waals surface area contributed by atoms with Crippen molar-refractivity contribution < 1.29 is 14.7 Å². The van der Waals surface area contributed by atoms with E-state index in [1.165, 1.54) is 250 Å². The number of Topliss-reactive ketones (excluding diaryl/α,β-unsaturated/α-hetero) is 1. The van der Waals surface area contributed by atoms with Gasteiger partial charge in [0.25, 0.3) is 0 Å². The van der Waals surface area contributed by atoms with E-state index < -0.39 is 6.10 Å². The van der Waals surface area contributed by atoms with Gasteiger partial charge in [-0.1, -0.05) is 264 Å². The average molecular weight is 844 g/mol. The summed E-state index contributed by atoms with van der Waals surface area (Å²) in [6.07, 6.45) is 65.4. The molecule has 1 amide bonds. The SMILES string of the molecule is CCCCCCCC/C=C\CCCCCCCCCCCC(=O)CCCCCCCCCCCCCCCC(=O)NC[C@@H](O)CCCCCCCCCCCCCCCC. The summed E-state index contributed by atoms with van der Waals surface area (Å²) in [6, 6.07) is 0. The van der Waals surface area contributed by atoms with E-state index in [-0.39, 0.29) is 5.91 Å². The maximum Gasteiger partial charge on any atom is 0.220 e. The maximum absolute atomic E-state index is 12.3. The van der Waals surface area contributed by atoms with E-state index in [2.05, 4.69) is 31.3 Å². The molecule has 0 unspecified atom stereocenters. The summed E-state index contributed by atoms with van der Waals surface area (Å²) in [5.41, 5.74) is 0. The highest BCUT2D eigenvalue weighted by atomic mass is 16.3. The molecule has 60 heavy (non-hydrogen) atoms. The first-order chi connectivity index (χ1) is 29.6. The standard InChI is InChI=1S/C56H109NO3/c1-3-5-7-9-11-13-15-17-19-20-21-22-23-26-29-33-37-41-45-49-54(58)50-46-42-38-34-30-27-24-28-32-36-40-44-48-52-56(60)57-53-55(59)51-47-43-39-35-31-25-18-16-14-12-10-8-6-4-2/h17,19,55,59H,3-16,18,20-53H2,1-2H3,(H,57,60)/b19-17-/t55-/m0/s1. The Kier molecular flexibility index (Phi) is 51.2. The zero-order chi connectivity index (χ0) is 43.5. The second-order valence-corrected chi connectivity index (χ2v) is 19.2. The lowest BCUT2D eigenvalue weighted by atomic mass is 10.0. The summed E-state index contributed by atoms with van der Waals surface area (Å²) in [6.45, 7) is 4.98. The van der Waals surface area contributed by atoms with Crippen molar-refractivity contribution in [2.45, 2.75) is 328 Å². The molecule has 0 aromatic heterocycles. The minimum Gasteiger partial charge on any atom is -0.391 e. The van der Waals surface area contributed by atoms with Crippen LogP contribution >= 0.6 is 0 Å². The molecule has 0 aromatic rings. The van der Waals surface area contributed by atoms with Crippen molar-refractivity contribution in [2.24, 2.45) is 0 Å². The summed E-state index contributed by atoms with van der Waals surface area (Å²) >= 11 is 0. The molecule has 0 fully saturated rings. The lowest BCUT2D eigenvalue weighted by Crippen LogP contribution is -2.31. The molecular weight excluding hydrogens is 735 g/mol. The predicted molar refractivity (Wildman–Crippen MR) is 266 cm³/mol. The number of aliphatic hydroxyl groups is 1. The van der Waals surface area contributed by atoms with Gasteiger partial charge < -0.3 is 10.4 Å². The van der Waals surface area contributed by atoms with Gasteiger partial charge in [-0.25, -0.2) is 0 Å². The molecule has 0 aromatic carbocycles. The molecule has 0 rings (SSSR count). The molecule has 0 bridgehead atoms. The second-order valence-electron chi connectivity index (χ2n) is 19.2. The third-order valence-corrected chi connectivity index (χ3v) is 13.0. The third-order valence-electron chi connectivity index (χ3n) is 13.0. The molecule has 0 aliphatic carbocycles. The first kappa shape index (κ1) is 58.8. The Morgan fingerprint density at radius 3 is 0.967 bits per heavy atom. The Balaban J connectivity index is 3.29. The van der Waals surface area contributed by atoms with Crippen LogP contribution < -0.4 is 5.32 Å². The highest BCUT2D eigenvalue weighted by Gasteiger charge is 2.07. The van der Waals surface area contributed by atoms with E-state index in [1.54, 1.807) is 0 Å². The van der Waals surface area contributed by atoms with Crippen LogP contribution in [0.3, 0.4) is 0 Å². The first-order valence-corrected chi connectivity index (χ1v) is 27.7. The molecule has 0 saturated heterocycles. The minimum absolute atomic E-state index is 0.103. The van der Waals surface area contributed by atoms with Gasteiger partial charge in [-0.05, 0) is 51.4 Å². The fourth-order valence-corrected chi connectivity index (χ4v) is 8.77. The van der Waals surface area contributed by atoms with Gasteiger partial charge in [-0.15, -0.1) is 0 Å². The normalized spacial score (nSPS) is 12.2. The second kappa shape index (κ2) is 52.2. The van der Waals surface area contributed by atoms with Crippen LogP contribution in [-0.4, -0.2) is 29.4 Å². The van der Waals surface area contributed by atoms with Gasteiger partial charge in [0.05, 0.1) is 6.10 Å². The highest BCUT2D eigenvalue weighted by Crippen LogP contribution is 2.17. The monoisotopic (exact) mass is 844 g/mol. The van der Waals surface area contributed by atoms with Crippen molar-refractivity contribution in [3.8, 4) is 0 Å². The zero-order valence-electron chi connectivity index (χ0n) is 41.1. The van der Waals surface area contributed by atoms with E-state index in [4.69, 9.17) is 0 Å². The van der Waals surface area contributed by atoms with Gasteiger partial charge in [0.1, 0.15) is 5.78 Å². The van der Waals surface area contributed by atoms with E-state index in [1.807, 2.05) is 0 Å². The Labute approximate surface area is 377 Å². The number of rotatable bonds is 52. The molecule has 4 heteroatoms. The number of ketones is 1. The summed E-state index contributed by atoms with van der Waals surface area (Å²) < 4.78 is 0. The average Bonchev–Trinajstić information content (AvgIpc) is 3.25. The number of amides is 1. The van der Waals surface area contributed by atoms with Crippen LogP contribution in [0.5, 0.6) is 0 Å². The number of aliphatic hydroxyl groups excluding tert-OH is 1. The number of carbonyl (C=O) groups excluding carboxylic acids is 2. The molecule has 0 aliphatic heterocycles. The Morgan fingerprint density at radius 1 is 0.367 bits per heavy atom. The zero-order valence-corrected chi connectivity index (χ0v) is 41.1. The third kappa shape index (κ3) is 51.2. The Hall–Kier alpha value is -1.16. The van der Waals surface area contributed by atoms with Gasteiger partial charge in [0.15, 0.2) is 0 Å². The van der Waals surface area contributed by atoms with E-state index in [9.17, 15) is 14.7 Å². The fourth-order valence-electron chi connectivity index (χ4n) is 8.77. The van der Waals surface area contributed by atoms with Gasteiger partial charge in [-0.3, -0.25) is 9.59 Å². The molecule has 356 valence electrons. The molecule has 0 radical (unpaired) electrons. The van der Waals surface area contributed by atoms with Gasteiger partial charge in [0.2, 0.25) is 5.91 Å². The van der Waals surface area contributed by atoms with Crippen LogP contribution in [0.15, 0.2) is 12.2 Å². The van der Waals surface area contributed by atoms with Crippen LogP contribution in [0.1, 0.15) is 322 Å². The van der Waals surface area contributed by atoms with Crippen LogP contribution in [0, 0.1) is 0 Å². The Bertz CT molecular complexity index is 871. The summed E-state index contributed by atoms with van der Waals surface area (Å²) in [5, 5.41) is 13.2. The van der Waals surface area contributed by atoms with Crippen molar-refractivity contribution in [3.63, 3.8) is 0 Å². The van der Waals surface area contributed by atoms with Crippen LogP contribution in [0.25, 0.3) is 0 Å². The van der Waals surface area contributed by atoms with Crippen LogP contribution in [0.2, 0.25) is 0 Å². The minimum atomic E-state index is -0.399. The van der Waals surface area contributed by atoms with Crippen molar-refractivity contribution >= 4 is 11.7 Å². The van der Waals surface area contributed by atoms with Crippen molar-refractivity contribution in [1.82, 2.24) is 5.32 Å². The summed E-state index contributed by atoms with van der Waals surface area (Å²) in [5.74, 6) is 0.603. The van der Waals surface area contributed by atoms with Crippen molar-refractivity contribution in [3.05, 3.63) is 12.2 Å². The predicted octanol–water partition coefficient (Wildman–Crippen LogP) is 18.4. The molecule has 0 saturated carbocycles. The largest absolute Gasteiger partial charge is 0.391 e. The number of hydrogen-bond donors (Lipinski definition) is 2. The van der Waals surface area contributed by atoms with E-state index in [0.29, 0.717) is 18.7 Å². The number of unbranched alkanes of at least 4 members (excludes halogenated alkanes) is 40. The van der Waals surface area contributed by atoms with Crippen LogP contribution in [0.4, 0.5) is 0 Å². The van der Waals surface area contributed by atoms with Crippen LogP contribution in [-0.2, 0) is 9.59 Å². The molecule has 1 atom stereocenters. The molecule has 0 spiro atoms. The highest BCUT2D eigenvalue weighted by molar-refractivity contribution is 5.78. The maximum atomic E-state index is 12.3. The molecule has 2 N–H and O–H groups in total. The fraction of sp³-hybridized carbons (Fsp3) is 0.929. The number of hydrogen-bond acceptors (Lipinski definition) is 3. The molecule has 4 nitrogen and oxygen atoms in total. The summed E-state index contributed by atoms with van der Waals surface area (Å²) in [4.78, 5) is 24.5. The topological polar surface area (TPSA) is 66.4 Å². The van der Waals surface area contributed by atoms with Crippen molar-refractivity contribution in [2.75, 3.05) is 6.54 Å². The van der Waals surface area contributed by atoms with Gasteiger partial charge in [-0.2, -0.15) is 0 Å². The number of nitrogens with one attached hydrogen (secondary N) is 1. The molecule has 0 heterocycles. The van der Waals surface area contributed by atoms with Gasteiger partial charge in [0, 0.05) is 25.8 Å². The smallest absolute Gasteiger partial charge is 0.220 e. The lowest BCUT2D eigenvalue weighted by molar-refractivity contribution is -0.121. The van der Waals surface area contributed by atoms with Gasteiger partial charge >= 0.3 is 0 Å². The number of carbonyl (C=O) groups is 2. The summed E-state index contributed by atoms with van der Waals surface area (Å²) in [7, 11) is 0.